The Morgan fingerprint density at radius 1 is 0.804 bits per heavy atom. The summed E-state index contributed by atoms with van der Waals surface area (Å²) in [7, 11) is 0. The van der Waals surface area contributed by atoms with Gasteiger partial charge in [0.05, 0.1) is 6.42 Å². The summed E-state index contributed by atoms with van der Waals surface area (Å²) in [5, 5.41) is 7.97. The Bertz CT molecular complexity index is 1150. The number of hydrogen-bond acceptors (Lipinski definition) is 6. The van der Waals surface area contributed by atoms with Gasteiger partial charge in [-0.15, -0.1) is 11.3 Å². The lowest BCUT2D eigenvalue weighted by molar-refractivity contribution is -0.134. The Labute approximate surface area is 282 Å². The van der Waals surface area contributed by atoms with E-state index >= 15 is 0 Å². The number of amides is 2. The van der Waals surface area contributed by atoms with E-state index < -0.39 is 0 Å². The van der Waals surface area contributed by atoms with Gasteiger partial charge in [0.25, 0.3) is 0 Å². The number of unbranched alkanes of at least 4 members (excludes halogenated alkanes) is 8. The summed E-state index contributed by atoms with van der Waals surface area (Å²) in [6.45, 7) is 7.60. The van der Waals surface area contributed by atoms with E-state index in [1.54, 1.807) is 0 Å². The maximum absolute atomic E-state index is 12.6. The van der Waals surface area contributed by atoms with Crippen LogP contribution in [0.3, 0.4) is 0 Å². The first-order valence-electron chi connectivity index (χ1n) is 18.1. The molecule has 0 fully saturated rings. The molecule has 8 heteroatoms. The zero-order valence-electron chi connectivity index (χ0n) is 28.6. The minimum absolute atomic E-state index is 0.00891. The highest BCUT2D eigenvalue weighted by Crippen LogP contribution is 2.32. The third-order valence-corrected chi connectivity index (χ3v) is 9.86. The fraction of sp³-hybridized carbons (Fsp3) is 0.658. The largest absolute Gasteiger partial charge is 0.426 e. The van der Waals surface area contributed by atoms with Crippen molar-refractivity contribution in [1.82, 2.24) is 15.5 Å². The van der Waals surface area contributed by atoms with E-state index in [9.17, 15) is 14.4 Å². The Hall–Kier alpha value is -2.71. The molecule has 2 amide bonds. The minimum atomic E-state index is -0.292. The predicted octanol–water partition coefficient (Wildman–Crippen LogP) is 7.79. The summed E-state index contributed by atoms with van der Waals surface area (Å²) in [5.74, 6) is 0.580. The van der Waals surface area contributed by atoms with Gasteiger partial charge in [0.15, 0.2) is 0 Å². The van der Waals surface area contributed by atoms with Crippen molar-refractivity contribution >= 4 is 29.1 Å². The molecule has 46 heavy (non-hydrogen) atoms. The Morgan fingerprint density at radius 2 is 1.48 bits per heavy atom. The molecule has 0 bridgehead atoms. The van der Waals surface area contributed by atoms with Crippen LogP contribution in [0.4, 0.5) is 0 Å². The van der Waals surface area contributed by atoms with Crippen LogP contribution in [0.15, 0.2) is 35.7 Å². The molecule has 1 aliphatic carbocycles. The minimum Gasteiger partial charge on any atom is -0.426 e. The van der Waals surface area contributed by atoms with E-state index in [1.165, 1.54) is 36.1 Å². The molecule has 0 aliphatic heterocycles. The van der Waals surface area contributed by atoms with Gasteiger partial charge >= 0.3 is 5.97 Å². The normalized spacial score (nSPS) is 14.2. The van der Waals surface area contributed by atoms with Gasteiger partial charge in [-0.05, 0) is 86.6 Å². The molecule has 0 unspecified atom stereocenters. The average molecular weight is 654 g/mol. The second-order valence-corrected chi connectivity index (χ2v) is 13.8. The lowest BCUT2D eigenvalue weighted by Crippen LogP contribution is -2.41. The number of rotatable bonds is 24. The molecule has 1 aromatic carbocycles. The number of thiophene rings is 1. The van der Waals surface area contributed by atoms with E-state index in [4.69, 9.17) is 4.74 Å². The van der Waals surface area contributed by atoms with E-state index in [0.717, 1.165) is 95.8 Å². The predicted molar refractivity (Wildman–Crippen MR) is 189 cm³/mol. The molecular formula is C38H59N3O4S. The summed E-state index contributed by atoms with van der Waals surface area (Å²) >= 11 is 1.84. The summed E-state index contributed by atoms with van der Waals surface area (Å²) in [5.41, 5.74) is 2.45. The molecule has 1 atom stereocenters. The first-order chi connectivity index (χ1) is 22.5. The van der Waals surface area contributed by atoms with Gasteiger partial charge in [-0.25, -0.2) is 0 Å². The molecule has 2 N–H and O–H groups in total. The molecule has 1 aromatic heterocycles. The number of fused-ring (bicyclic) bond motifs is 1. The van der Waals surface area contributed by atoms with Crippen LogP contribution in [-0.2, 0) is 33.6 Å². The van der Waals surface area contributed by atoms with Gasteiger partial charge in [-0.2, -0.15) is 0 Å². The van der Waals surface area contributed by atoms with Gasteiger partial charge < -0.3 is 15.4 Å². The van der Waals surface area contributed by atoms with Crippen molar-refractivity contribution < 1.29 is 19.1 Å². The van der Waals surface area contributed by atoms with Crippen LogP contribution in [0.25, 0.3) is 0 Å². The molecule has 0 saturated carbocycles. The number of nitrogens with one attached hydrogen (secondary N) is 2. The lowest BCUT2D eigenvalue weighted by Gasteiger charge is -2.35. The molecule has 0 saturated heterocycles. The van der Waals surface area contributed by atoms with Crippen molar-refractivity contribution in [2.24, 2.45) is 0 Å². The van der Waals surface area contributed by atoms with E-state index in [-0.39, 0.29) is 24.2 Å². The highest BCUT2D eigenvalue weighted by Gasteiger charge is 2.26. The standard InChI is InChI=1S/C38H59N3O4S/c1-3-25-39-36(42)19-12-10-8-6-5-7-9-11-13-20-37(43)40-26-23-38(44)45-35-18-14-16-31-30-32(21-22-34(31)35)41(27-4-2)28-24-33-17-15-29-46-33/h14-18,29,32H,3-13,19-28,30H2,1-2H3,(H,39,42)(H,40,43)/t32-/m1/s1. The molecule has 0 radical (unpaired) electrons. The second-order valence-electron chi connectivity index (χ2n) is 12.8. The number of hydrogen-bond donors (Lipinski definition) is 2. The maximum Gasteiger partial charge on any atom is 0.312 e. The van der Waals surface area contributed by atoms with Crippen LogP contribution >= 0.6 is 11.3 Å². The van der Waals surface area contributed by atoms with Crippen LogP contribution in [0.5, 0.6) is 5.75 Å². The molecule has 256 valence electrons. The first kappa shape index (κ1) is 37.7. The Morgan fingerprint density at radius 3 is 2.11 bits per heavy atom. The third kappa shape index (κ3) is 14.8. The van der Waals surface area contributed by atoms with Crippen molar-refractivity contribution in [3.63, 3.8) is 0 Å². The average Bonchev–Trinajstić information content (AvgIpc) is 3.58. The summed E-state index contributed by atoms with van der Waals surface area (Å²) in [6, 6.07) is 11.0. The Kier molecular flexibility index (Phi) is 18.7. The summed E-state index contributed by atoms with van der Waals surface area (Å²) < 4.78 is 5.81. The van der Waals surface area contributed by atoms with Crippen molar-refractivity contribution in [2.45, 2.75) is 135 Å². The first-order valence-corrected chi connectivity index (χ1v) is 19.0. The van der Waals surface area contributed by atoms with Crippen LogP contribution < -0.4 is 15.4 Å². The van der Waals surface area contributed by atoms with E-state index in [0.29, 0.717) is 31.2 Å². The molecule has 2 aromatic rings. The smallest absolute Gasteiger partial charge is 0.312 e. The van der Waals surface area contributed by atoms with E-state index in [2.05, 4.69) is 53.0 Å². The van der Waals surface area contributed by atoms with Crippen molar-refractivity contribution in [3.8, 4) is 5.75 Å². The topological polar surface area (TPSA) is 87.7 Å². The zero-order valence-corrected chi connectivity index (χ0v) is 29.4. The number of nitrogens with zero attached hydrogens (tertiary/aromatic N) is 1. The molecule has 1 aliphatic rings. The molecule has 7 nitrogen and oxygen atoms in total. The second kappa shape index (κ2) is 22.8. The van der Waals surface area contributed by atoms with Gasteiger partial charge in [-0.1, -0.05) is 77.0 Å². The van der Waals surface area contributed by atoms with Crippen LogP contribution in [0, 0.1) is 0 Å². The monoisotopic (exact) mass is 653 g/mol. The zero-order chi connectivity index (χ0) is 32.8. The number of benzene rings is 1. The SMILES string of the molecule is CCCNC(=O)CCCCCCCCCCCC(=O)NCCC(=O)Oc1cccc2c1CC[C@@H](N(CCC)CCc1cccs1)C2. The summed E-state index contributed by atoms with van der Waals surface area (Å²) in [4.78, 5) is 40.6. The van der Waals surface area contributed by atoms with Crippen molar-refractivity contribution in [3.05, 3.63) is 51.7 Å². The molecule has 1 heterocycles. The van der Waals surface area contributed by atoms with Crippen molar-refractivity contribution in [2.75, 3.05) is 26.2 Å². The summed E-state index contributed by atoms with van der Waals surface area (Å²) in [6.07, 6.45) is 17.5. The third-order valence-electron chi connectivity index (χ3n) is 8.92. The van der Waals surface area contributed by atoms with Crippen LogP contribution in [0.2, 0.25) is 0 Å². The maximum atomic E-state index is 12.6. The Balaban J connectivity index is 1.24. The van der Waals surface area contributed by atoms with Gasteiger partial charge in [-0.3, -0.25) is 19.3 Å². The van der Waals surface area contributed by atoms with Gasteiger partial charge in [0.1, 0.15) is 5.75 Å². The highest BCUT2D eigenvalue weighted by atomic mass is 32.1. The number of carbonyl (C=O) groups is 3. The molecule has 3 rings (SSSR count). The van der Waals surface area contributed by atoms with E-state index in [1.807, 2.05) is 23.5 Å². The lowest BCUT2D eigenvalue weighted by atomic mass is 9.86. The van der Waals surface area contributed by atoms with Crippen LogP contribution in [0.1, 0.15) is 126 Å². The highest BCUT2D eigenvalue weighted by molar-refractivity contribution is 7.09. The van der Waals surface area contributed by atoms with Gasteiger partial charge in [0.2, 0.25) is 11.8 Å². The number of ether oxygens (including phenoxy) is 1. The molecular weight excluding hydrogens is 595 g/mol. The fourth-order valence-electron chi connectivity index (χ4n) is 6.36. The molecule has 0 spiro atoms. The number of esters is 1. The number of carbonyl (C=O) groups excluding carboxylic acids is 3. The quantitative estimate of drug-likeness (QED) is 0.0686. The van der Waals surface area contributed by atoms with Gasteiger partial charge in [0, 0.05) is 43.4 Å². The fourth-order valence-corrected chi connectivity index (χ4v) is 7.06. The van der Waals surface area contributed by atoms with Crippen LogP contribution in [-0.4, -0.2) is 54.9 Å². The van der Waals surface area contributed by atoms with Crippen molar-refractivity contribution in [1.29, 1.82) is 0 Å².